The average molecular weight is 257 g/mol. The van der Waals surface area contributed by atoms with Crippen LogP contribution in [-0.4, -0.2) is 9.97 Å². The summed E-state index contributed by atoms with van der Waals surface area (Å²) in [7, 11) is 0. The number of nitrogens with two attached hydrogens (primary N) is 1. The first-order valence-electron chi connectivity index (χ1n) is 6.15. The van der Waals surface area contributed by atoms with Crippen molar-refractivity contribution in [3.8, 4) is 0 Å². The predicted octanol–water partition coefficient (Wildman–Crippen LogP) is 2.80. The largest absolute Gasteiger partial charge is 0.340 e. The Labute approximate surface area is 113 Å². The van der Waals surface area contributed by atoms with E-state index >= 15 is 0 Å². The van der Waals surface area contributed by atoms with Gasteiger partial charge in [0.15, 0.2) is 0 Å². The second kappa shape index (κ2) is 5.24. The van der Waals surface area contributed by atoms with E-state index in [-0.39, 0.29) is 5.41 Å². The van der Waals surface area contributed by atoms with E-state index in [9.17, 15) is 0 Å². The quantitative estimate of drug-likeness (QED) is 0.582. The van der Waals surface area contributed by atoms with E-state index in [2.05, 4.69) is 53.6 Å². The number of benzene rings is 1. The third kappa shape index (κ3) is 3.42. The highest BCUT2D eigenvalue weighted by Crippen LogP contribution is 2.24. The SMILES string of the molecule is CC(C)(C)c1ccc(Nc2cc(NN)ncn2)cc1. The van der Waals surface area contributed by atoms with E-state index in [1.54, 1.807) is 6.07 Å². The summed E-state index contributed by atoms with van der Waals surface area (Å²) in [6.45, 7) is 6.58. The van der Waals surface area contributed by atoms with E-state index in [1.807, 2.05) is 12.1 Å². The summed E-state index contributed by atoms with van der Waals surface area (Å²) < 4.78 is 0. The van der Waals surface area contributed by atoms with Gasteiger partial charge in [-0.25, -0.2) is 15.8 Å². The van der Waals surface area contributed by atoms with Gasteiger partial charge in [0.05, 0.1) is 0 Å². The van der Waals surface area contributed by atoms with Crippen molar-refractivity contribution in [3.05, 3.63) is 42.2 Å². The molecule has 1 heterocycles. The van der Waals surface area contributed by atoms with E-state index in [0.717, 1.165) is 5.69 Å². The van der Waals surface area contributed by atoms with Crippen LogP contribution in [0.2, 0.25) is 0 Å². The van der Waals surface area contributed by atoms with Crippen molar-refractivity contribution in [2.24, 2.45) is 5.84 Å². The van der Waals surface area contributed by atoms with Gasteiger partial charge < -0.3 is 10.7 Å². The molecule has 0 atom stereocenters. The molecule has 0 aliphatic heterocycles. The highest BCUT2D eigenvalue weighted by Gasteiger charge is 2.12. The monoisotopic (exact) mass is 257 g/mol. The standard InChI is InChI=1S/C14H19N5/c1-14(2,3)10-4-6-11(7-5-10)18-12-8-13(19-15)17-9-16-12/h4-9H,15H2,1-3H3,(H2,16,17,18,19). The summed E-state index contributed by atoms with van der Waals surface area (Å²) in [5.74, 6) is 6.59. The zero-order valence-corrected chi connectivity index (χ0v) is 11.4. The van der Waals surface area contributed by atoms with Crippen molar-refractivity contribution in [3.63, 3.8) is 0 Å². The van der Waals surface area contributed by atoms with Crippen molar-refractivity contribution >= 4 is 17.3 Å². The molecule has 0 saturated carbocycles. The molecule has 0 radical (unpaired) electrons. The molecule has 5 heteroatoms. The Morgan fingerprint density at radius 2 is 1.63 bits per heavy atom. The molecule has 5 nitrogen and oxygen atoms in total. The molecule has 2 rings (SSSR count). The number of hydrazine groups is 1. The first-order chi connectivity index (χ1) is 8.99. The highest BCUT2D eigenvalue weighted by atomic mass is 15.3. The molecule has 0 aliphatic carbocycles. The van der Waals surface area contributed by atoms with Crippen LogP contribution in [-0.2, 0) is 5.41 Å². The summed E-state index contributed by atoms with van der Waals surface area (Å²) in [4.78, 5) is 8.09. The Balaban J connectivity index is 2.15. The second-order valence-corrected chi connectivity index (χ2v) is 5.39. The molecule has 0 spiro atoms. The molecule has 0 bridgehead atoms. The van der Waals surface area contributed by atoms with Crippen molar-refractivity contribution < 1.29 is 0 Å². The number of nitrogens with zero attached hydrogens (tertiary/aromatic N) is 2. The Bertz CT molecular complexity index is 543. The van der Waals surface area contributed by atoms with Gasteiger partial charge in [-0.3, -0.25) is 0 Å². The lowest BCUT2D eigenvalue weighted by Gasteiger charge is -2.19. The number of hydrogen-bond donors (Lipinski definition) is 3. The average Bonchev–Trinajstić information content (AvgIpc) is 2.38. The van der Waals surface area contributed by atoms with Crippen LogP contribution in [0.25, 0.3) is 0 Å². The lowest BCUT2D eigenvalue weighted by Crippen LogP contribution is -2.10. The molecule has 100 valence electrons. The van der Waals surface area contributed by atoms with Gasteiger partial charge in [0, 0.05) is 11.8 Å². The maximum atomic E-state index is 5.31. The molecule has 0 amide bonds. The van der Waals surface area contributed by atoms with Gasteiger partial charge in [0.2, 0.25) is 0 Å². The molecule has 0 aliphatic rings. The van der Waals surface area contributed by atoms with Crippen molar-refractivity contribution in [1.82, 2.24) is 9.97 Å². The van der Waals surface area contributed by atoms with Crippen molar-refractivity contribution in [1.29, 1.82) is 0 Å². The number of anilines is 3. The van der Waals surface area contributed by atoms with Crippen LogP contribution in [0.4, 0.5) is 17.3 Å². The first-order valence-corrected chi connectivity index (χ1v) is 6.15. The van der Waals surface area contributed by atoms with Gasteiger partial charge in [0.25, 0.3) is 0 Å². The minimum absolute atomic E-state index is 0.157. The second-order valence-electron chi connectivity index (χ2n) is 5.39. The normalized spacial score (nSPS) is 11.2. The first kappa shape index (κ1) is 13.3. The van der Waals surface area contributed by atoms with E-state index in [1.165, 1.54) is 11.9 Å². The predicted molar refractivity (Wildman–Crippen MR) is 78.3 cm³/mol. The fourth-order valence-electron chi connectivity index (χ4n) is 1.71. The molecule has 2 aromatic rings. The number of aromatic nitrogens is 2. The molecule has 0 saturated heterocycles. The summed E-state index contributed by atoms with van der Waals surface area (Å²) in [6.07, 6.45) is 1.46. The maximum Gasteiger partial charge on any atom is 0.145 e. The van der Waals surface area contributed by atoms with Gasteiger partial charge in [0.1, 0.15) is 18.0 Å². The number of nitrogens with one attached hydrogen (secondary N) is 2. The zero-order valence-electron chi connectivity index (χ0n) is 11.4. The maximum absolute atomic E-state index is 5.31. The Morgan fingerprint density at radius 1 is 1.00 bits per heavy atom. The molecule has 0 fully saturated rings. The van der Waals surface area contributed by atoms with E-state index < -0.39 is 0 Å². The molecular weight excluding hydrogens is 238 g/mol. The summed E-state index contributed by atoms with van der Waals surface area (Å²) in [5.41, 5.74) is 4.93. The Morgan fingerprint density at radius 3 is 2.21 bits per heavy atom. The number of nitrogen functional groups attached to an aromatic ring is 1. The molecule has 1 aromatic carbocycles. The van der Waals surface area contributed by atoms with Gasteiger partial charge in [-0.1, -0.05) is 32.9 Å². The number of rotatable bonds is 3. The highest BCUT2D eigenvalue weighted by molar-refractivity contribution is 5.59. The lowest BCUT2D eigenvalue weighted by molar-refractivity contribution is 0.590. The third-order valence-electron chi connectivity index (χ3n) is 2.84. The smallest absolute Gasteiger partial charge is 0.145 e. The molecule has 4 N–H and O–H groups in total. The van der Waals surface area contributed by atoms with Crippen molar-refractivity contribution in [2.45, 2.75) is 26.2 Å². The Hall–Kier alpha value is -2.14. The molecule has 0 unspecified atom stereocenters. The van der Waals surface area contributed by atoms with E-state index in [4.69, 9.17) is 5.84 Å². The topological polar surface area (TPSA) is 75.9 Å². The summed E-state index contributed by atoms with van der Waals surface area (Å²) >= 11 is 0. The lowest BCUT2D eigenvalue weighted by atomic mass is 9.87. The van der Waals surface area contributed by atoms with Crippen LogP contribution in [0.5, 0.6) is 0 Å². The van der Waals surface area contributed by atoms with E-state index in [0.29, 0.717) is 11.6 Å². The van der Waals surface area contributed by atoms with Crippen LogP contribution >= 0.6 is 0 Å². The van der Waals surface area contributed by atoms with Crippen molar-refractivity contribution in [2.75, 3.05) is 10.7 Å². The van der Waals surface area contributed by atoms with Gasteiger partial charge in [-0.15, -0.1) is 0 Å². The van der Waals surface area contributed by atoms with Crippen LogP contribution < -0.4 is 16.6 Å². The fourth-order valence-corrected chi connectivity index (χ4v) is 1.71. The van der Waals surface area contributed by atoms with Crippen LogP contribution in [0.15, 0.2) is 36.7 Å². The zero-order chi connectivity index (χ0) is 13.9. The molecule has 1 aromatic heterocycles. The fraction of sp³-hybridized carbons (Fsp3) is 0.286. The summed E-state index contributed by atoms with van der Waals surface area (Å²) in [6, 6.07) is 10.1. The number of hydrogen-bond acceptors (Lipinski definition) is 5. The molecular formula is C14H19N5. The third-order valence-corrected chi connectivity index (χ3v) is 2.84. The Kier molecular flexibility index (Phi) is 3.66. The van der Waals surface area contributed by atoms with Crippen LogP contribution in [0, 0.1) is 0 Å². The molecule has 19 heavy (non-hydrogen) atoms. The van der Waals surface area contributed by atoms with Gasteiger partial charge >= 0.3 is 0 Å². The minimum atomic E-state index is 0.157. The van der Waals surface area contributed by atoms with Crippen LogP contribution in [0.1, 0.15) is 26.3 Å². The summed E-state index contributed by atoms with van der Waals surface area (Å²) in [5, 5.41) is 3.21. The van der Waals surface area contributed by atoms with Gasteiger partial charge in [-0.05, 0) is 23.1 Å². The minimum Gasteiger partial charge on any atom is -0.340 e. The van der Waals surface area contributed by atoms with Crippen LogP contribution in [0.3, 0.4) is 0 Å². The van der Waals surface area contributed by atoms with Gasteiger partial charge in [-0.2, -0.15) is 0 Å².